The molecule has 4 rings (SSSR count). The van der Waals surface area contributed by atoms with Gasteiger partial charge in [-0.3, -0.25) is 14.1 Å². The van der Waals surface area contributed by atoms with Gasteiger partial charge in [-0.2, -0.15) is 8.42 Å². The Morgan fingerprint density at radius 2 is 1.79 bits per heavy atom. The first-order valence-electron chi connectivity index (χ1n) is 14.1. The predicted molar refractivity (Wildman–Crippen MR) is 140 cm³/mol. The minimum atomic E-state index is -4.38. The Morgan fingerprint density at radius 3 is 2.41 bits per heavy atom. The third-order valence-electron chi connectivity index (χ3n) is 11.2. The van der Waals surface area contributed by atoms with Crippen molar-refractivity contribution in [1.29, 1.82) is 0 Å². The van der Waals surface area contributed by atoms with E-state index in [1.807, 2.05) is 20.8 Å². The molecule has 12 heteroatoms. The molecule has 7 N–H and O–H groups in total. The van der Waals surface area contributed by atoms with Crippen LogP contribution < -0.4 is 5.32 Å². The van der Waals surface area contributed by atoms with E-state index in [2.05, 4.69) is 5.32 Å². The minimum absolute atomic E-state index is 0.00116. The van der Waals surface area contributed by atoms with E-state index in [4.69, 9.17) is 4.55 Å². The Morgan fingerprint density at radius 1 is 1.13 bits per heavy atom. The zero-order chi connectivity index (χ0) is 29.1. The molecule has 4 fully saturated rings. The van der Waals surface area contributed by atoms with Gasteiger partial charge in [0.15, 0.2) is 5.78 Å². The summed E-state index contributed by atoms with van der Waals surface area (Å²) >= 11 is 0. The molecule has 4 unspecified atom stereocenters. The molecule has 0 aromatic carbocycles. The Balaban J connectivity index is 1.50. The molecule has 11 nitrogen and oxygen atoms in total. The molecule has 0 saturated heterocycles. The van der Waals surface area contributed by atoms with Crippen LogP contribution in [0.1, 0.15) is 72.1 Å². The fraction of sp³-hybridized carbons (Fsp3) is 0.926. The third kappa shape index (κ3) is 5.19. The Kier molecular flexibility index (Phi) is 8.37. The molecular formula is C27H45NO10S. The topological polar surface area (TPSA) is 202 Å². The smallest absolute Gasteiger partial charge is 0.266 e. The molecule has 0 radical (unpaired) electrons. The summed E-state index contributed by atoms with van der Waals surface area (Å²) < 4.78 is 31.2. The third-order valence-corrected chi connectivity index (χ3v) is 12.0. The molecule has 4 aliphatic carbocycles. The van der Waals surface area contributed by atoms with Gasteiger partial charge in [0.05, 0.1) is 36.7 Å². The van der Waals surface area contributed by atoms with Crippen LogP contribution in [0.5, 0.6) is 0 Å². The SMILES string of the molecule is C[C@H](CCC(=O)N[C@@H](CO)CS(=O)(=O)O)[C@H]1[C@@H](O)C(O)C2C3CC(=O)[C@@]4(O)C[C@@H](O)CC[C@]4(C)C3CC[C@@]21C. The monoisotopic (exact) mass is 575 g/mol. The summed E-state index contributed by atoms with van der Waals surface area (Å²) in [6.45, 7) is 5.24. The van der Waals surface area contributed by atoms with Gasteiger partial charge in [0, 0.05) is 24.7 Å². The quantitative estimate of drug-likeness (QED) is 0.193. The maximum Gasteiger partial charge on any atom is 0.266 e. The number of carbonyl (C=O) groups is 2. The summed E-state index contributed by atoms with van der Waals surface area (Å²) in [5, 5.41) is 56.2. The summed E-state index contributed by atoms with van der Waals surface area (Å²) in [6, 6.07) is -1.14. The van der Waals surface area contributed by atoms with Gasteiger partial charge < -0.3 is 30.8 Å². The number of nitrogens with one attached hydrogen (secondary N) is 1. The van der Waals surface area contributed by atoms with Gasteiger partial charge in [0.1, 0.15) is 5.60 Å². The van der Waals surface area contributed by atoms with E-state index in [1.165, 1.54) is 0 Å². The molecule has 0 aromatic heterocycles. The van der Waals surface area contributed by atoms with E-state index >= 15 is 0 Å². The molecular weight excluding hydrogens is 530 g/mol. The van der Waals surface area contributed by atoms with Gasteiger partial charge in [0.2, 0.25) is 5.91 Å². The molecule has 0 heterocycles. The van der Waals surface area contributed by atoms with E-state index in [-0.39, 0.29) is 54.6 Å². The van der Waals surface area contributed by atoms with Crippen LogP contribution in [-0.2, 0) is 19.7 Å². The van der Waals surface area contributed by atoms with E-state index in [0.717, 1.165) is 6.42 Å². The first kappa shape index (κ1) is 30.8. The fourth-order valence-electron chi connectivity index (χ4n) is 9.37. The van der Waals surface area contributed by atoms with Crippen molar-refractivity contribution in [2.75, 3.05) is 12.4 Å². The number of Topliss-reactive ketones (excluding diaryl/α,β-unsaturated/α-hetero) is 1. The molecule has 4 saturated carbocycles. The summed E-state index contributed by atoms with van der Waals surface area (Å²) in [7, 11) is -4.38. The number of fused-ring (bicyclic) bond motifs is 5. The number of aliphatic hydroxyl groups is 5. The van der Waals surface area contributed by atoms with Crippen LogP contribution in [0, 0.1) is 40.4 Å². The molecule has 0 aromatic rings. The molecule has 0 bridgehead atoms. The average molecular weight is 576 g/mol. The van der Waals surface area contributed by atoms with Crippen LogP contribution in [0.4, 0.5) is 0 Å². The van der Waals surface area contributed by atoms with Gasteiger partial charge in [-0.25, -0.2) is 0 Å². The van der Waals surface area contributed by atoms with Crippen molar-refractivity contribution < 1.29 is 48.1 Å². The second-order valence-corrected chi connectivity index (χ2v) is 14.9. The van der Waals surface area contributed by atoms with E-state index in [9.17, 15) is 43.5 Å². The van der Waals surface area contributed by atoms with Crippen molar-refractivity contribution in [2.24, 2.45) is 40.4 Å². The highest BCUT2D eigenvalue weighted by atomic mass is 32.2. The Hall–Kier alpha value is -1.15. The maximum absolute atomic E-state index is 13.4. The number of rotatable bonds is 8. The number of hydrogen-bond donors (Lipinski definition) is 7. The Bertz CT molecular complexity index is 1070. The number of aliphatic hydroxyl groups excluding tert-OH is 4. The van der Waals surface area contributed by atoms with Crippen LogP contribution >= 0.6 is 0 Å². The standard InChI is InChI=1S/C27H45NO10S/c1-14(4-5-20(32)28-15(12-29)13-39(36,37)38)21-23(33)24(34)22-17-10-19(31)27(35)11-16(30)6-9-26(27,3)18(17)7-8-25(21,22)2/h14-18,21-24,29-30,33-35H,4-13H2,1-3H3,(H,28,32)(H,36,37,38)/t14-,15+,16+,17?,18?,21+,22?,23-,24?,25-,26-,27+/m1/s1. The van der Waals surface area contributed by atoms with Crippen LogP contribution in [0.2, 0.25) is 0 Å². The van der Waals surface area contributed by atoms with Crippen LogP contribution in [0.3, 0.4) is 0 Å². The first-order chi connectivity index (χ1) is 18.0. The number of hydrogen-bond acceptors (Lipinski definition) is 9. The van der Waals surface area contributed by atoms with Crippen molar-refractivity contribution in [3.05, 3.63) is 0 Å². The van der Waals surface area contributed by atoms with Gasteiger partial charge >= 0.3 is 0 Å². The highest BCUT2D eigenvalue weighted by molar-refractivity contribution is 7.85. The van der Waals surface area contributed by atoms with Gasteiger partial charge in [0.25, 0.3) is 10.1 Å². The van der Waals surface area contributed by atoms with Gasteiger partial charge in [-0.15, -0.1) is 0 Å². The van der Waals surface area contributed by atoms with Gasteiger partial charge in [-0.05, 0) is 67.1 Å². The van der Waals surface area contributed by atoms with Crippen LogP contribution in [0.15, 0.2) is 0 Å². The van der Waals surface area contributed by atoms with E-state index in [0.29, 0.717) is 25.7 Å². The predicted octanol–water partition coefficient (Wildman–Crippen LogP) is 0.0229. The lowest BCUT2D eigenvalue weighted by Gasteiger charge is -2.63. The lowest BCUT2D eigenvalue weighted by molar-refractivity contribution is -0.217. The molecule has 0 spiro atoms. The normalized spacial score (nSPS) is 45.6. The summed E-state index contributed by atoms with van der Waals surface area (Å²) in [5.41, 5.74) is -2.82. The molecule has 12 atom stereocenters. The second-order valence-electron chi connectivity index (χ2n) is 13.4. The van der Waals surface area contributed by atoms with E-state index < -0.39 is 69.2 Å². The minimum Gasteiger partial charge on any atom is -0.394 e. The number of carbonyl (C=O) groups excluding carboxylic acids is 2. The van der Waals surface area contributed by atoms with Crippen molar-refractivity contribution in [3.63, 3.8) is 0 Å². The van der Waals surface area contributed by atoms with Crippen molar-refractivity contribution >= 4 is 21.8 Å². The highest BCUT2D eigenvalue weighted by Crippen LogP contribution is 2.68. The van der Waals surface area contributed by atoms with Crippen molar-refractivity contribution in [3.8, 4) is 0 Å². The van der Waals surface area contributed by atoms with Crippen molar-refractivity contribution in [2.45, 2.75) is 102 Å². The average Bonchev–Trinajstić information content (AvgIpc) is 3.03. The lowest BCUT2D eigenvalue weighted by Crippen LogP contribution is -2.67. The fourth-order valence-corrected chi connectivity index (χ4v) is 10.1. The van der Waals surface area contributed by atoms with Crippen LogP contribution in [-0.4, -0.2) is 92.5 Å². The second kappa shape index (κ2) is 10.6. The molecule has 4 aliphatic rings. The summed E-state index contributed by atoms with van der Waals surface area (Å²) in [6.07, 6.45) is 0.0406. The van der Waals surface area contributed by atoms with Crippen molar-refractivity contribution in [1.82, 2.24) is 5.32 Å². The van der Waals surface area contributed by atoms with Gasteiger partial charge in [-0.1, -0.05) is 20.8 Å². The highest BCUT2D eigenvalue weighted by Gasteiger charge is 2.70. The first-order valence-corrected chi connectivity index (χ1v) is 15.7. The lowest BCUT2D eigenvalue weighted by atomic mass is 9.42. The molecule has 0 aliphatic heterocycles. The van der Waals surface area contributed by atoms with E-state index in [1.54, 1.807) is 0 Å². The summed E-state index contributed by atoms with van der Waals surface area (Å²) in [5.74, 6) is -2.75. The molecule has 224 valence electrons. The Labute approximate surface area is 230 Å². The molecule has 1 amide bonds. The number of ketones is 1. The number of amides is 1. The zero-order valence-corrected chi connectivity index (χ0v) is 23.8. The van der Waals surface area contributed by atoms with Crippen LogP contribution in [0.25, 0.3) is 0 Å². The largest absolute Gasteiger partial charge is 0.394 e. The summed E-state index contributed by atoms with van der Waals surface area (Å²) in [4.78, 5) is 25.9. The maximum atomic E-state index is 13.4. The zero-order valence-electron chi connectivity index (χ0n) is 23.0. The molecule has 39 heavy (non-hydrogen) atoms.